The van der Waals surface area contributed by atoms with Crippen LogP contribution in [0.1, 0.15) is 26.2 Å². The Morgan fingerprint density at radius 3 is 3.00 bits per heavy atom. The van der Waals surface area contributed by atoms with Crippen molar-refractivity contribution in [2.45, 2.75) is 26.2 Å². The molecule has 0 fully saturated rings. The zero-order valence-electron chi connectivity index (χ0n) is 6.06. The first kappa shape index (κ1) is 6.81. The Morgan fingerprint density at radius 2 is 2.56 bits per heavy atom. The zero-order chi connectivity index (χ0) is 6.69. The molecule has 0 aromatic carbocycles. The molecule has 0 aliphatic heterocycles. The second-order valence-electron chi connectivity index (χ2n) is 2.93. The fourth-order valence-electron chi connectivity index (χ4n) is 1.45. The standard InChI is InChI=1S/C8H15N/c1-7-2-3-8(6-7)4-5-9/h2,8H,3-6,9H2,1H3. The Morgan fingerprint density at radius 1 is 1.78 bits per heavy atom. The summed E-state index contributed by atoms with van der Waals surface area (Å²) in [5.41, 5.74) is 6.98. The molecular formula is C8H15N. The molecule has 52 valence electrons. The van der Waals surface area contributed by atoms with Gasteiger partial charge in [-0.3, -0.25) is 0 Å². The topological polar surface area (TPSA) is 26.0 Å². The Labute approximate surface area is 56.9 Å². The van der Waals surface area contributed by atoms with Gasteiger partial charge in [0.05, 0.1) is 0 Å². The summed E-state index contributed by atoms with van der Waals surface area (Å²) in [5, 5.41) is 0. The average Bonchev–Trinajstić information content (AvgIpc) is 2.17. The van der Waals surface area contributed by atoms with Crippen molar-refractivity contribution in [1.29, 1.82) is 0 Å². The SMILES string of the molecule is CC1=CCC(CCN)C1. The molecule has 1 rings (SSSR count). The maximum atomic E-state index is 5.43. The maximum Gasteiger partial charge on any atom is -0.00744 e. The summed E-state index contributed by atoms with van der Waals surface area (Å²) in [7, 11) is 0. The molecule has 0 amide bonds. The smallest absolute Gasteiger partial charge is 0.00744 e. The molecule has 0 saturated carbocycles. The van der Waals surface area contributed by atoms with Gasteiger partial charge < -0.3 is 5.73 Å². The van der Waals surface area contributed by atoms with Crippen LogP contribution in [0, 0.1) is 5.92 Å². The summed E-state index contributed by atoms with van der Waals surface area (Å²) in [4.78, 5) is 0. The fraction of sp³-hybridized carbons (Fsp3) is 0.750. The van der Waals surface area contributed by atoms with Gasteiger partial charge in [0.25, 0.3) is 0 Å². The summed E-state index contributed by atoms with van der Waals surface area (Å²) < 4.78 is 0. The second-order valence-corrected chi connectivity index (χ2v) is 2.93. The van der Waals surface area contributed by atoms with Crippen LogP contribution in [-0.4, -0.2) is 6.54 Å². The molecule has 0 saturated heterocycles. The van der Waals surface area contributed by atoms with Gasteiger partial charge in [-0.25, -0.2) is 0 Å². The summed E-state index contributed by atoms with van der Waals surface area (Å²) in [6, 6.07) is 0. The van der Waals surface area contributed by atoms with Crippen LogP contribution in [0.2, 0.25) is 0 Å². The van der Waals surface area contributed by atoms with Crippen LogP contribution in [0.3, 0.4) is 0 Å². The normalized spacial score (nSPS) is 26.4. The van der Waals surface area contributed by atoms with Crippen LogP contribution in [0.15, 0.2) is 11.6 Å². The number of rotatable bonds is 2. The molecule has 0 aromatic rings. The molecule has 0 heterocycles. The van der Waals surface area contributed by atoms with Crippen molar-refractivity contribution < 1.29 is 0 Å². The Kier molecular flexibility index (Phi) is 2.29. The third-order valence-corrected chi connectivity index (χ3v) is 1.99. The van der Waals surface area contributed by atoms with Crippen molar-refractivity contribution in [3.63, 3.8) is 0 Å². The van der Waals surface area contributed by atoms with E-state index in [1.165, 1.54) is 19.3 Å². The molecule has 1 heteroatoms. The summed E-state index contributed by atoms with van der Waals surface area (Å²) in [6.07, 6.45) is 6.09. The van der Waals surface area contributed by atoms with Crippen molar-refractivity contribution in [3.05, 3.63) is 11.6 Å². The lowest BCUT2D eigenvalue weighted by atomic mass is 10.0. The lowest BCUT2D eigenvalue weighted by Gasteiger charge is -2.05. The first-order chi connectivity index (χ1) is 4.33. The van der Waals surface area contributed by atoms with E-state index < -0.39 is 0 Å². The van der Waals surface area contributed by atoms with Crippen LogP contribution in [0.5, 0.6) is 0 Å². The highest BCUT2D eigenvalue weighted by atomic mass is 14.5. The molecule has 1 nitrogen and oxygen atoms in total. The predicted molar refractivity (Wildman–Crippen MR) is 40.2 cm³/mol. The van der Waals surface area contributed by atoms with E-state index in [2.05, 4.69) is 13.0 Å². The van der Waals surface area contributed by atoms with Crippen molar-refractivity contribution in [2.75, 3.05) is 6.54 Å². The Bertz CT molecular complexity index is 116. The van der Waals surface area contributed by atoms with E-state index in [0.717, 1.165) is 12.5 Å². The zero-order valence-corrected chi connectivity index (χ0v) is 6.06. The third-order valence-electron chi connectivity index (χ3n) is 1.99. The van der Waals surface area contributed by atoms with Gasteiger partial charge >= 0.3 is 0 Å². The minimum atomic E-state index is 0.853. The van der Waals surface area contributed by atoms with Gasteiger partial charge in [0.15, 0.2) is 0 Å². The largest absolute Gasteiger partial charge is 0.330 e. The maximum absolute atomic E-state index is 5.43. The molecule has 1 aliphatic rings. The molecule has 1 atom stereocenters. The number of hydrogen-bond acceptors (Lipinski definition) is 1. The first-order valence-electron chi connectivity index (χ1n) is 3.68. The molecule has 1 aliphatic carbocycles. The number of allylic oxidation sites excluding steroid dienone is 2. The number of hydrogen-bond donors (Lipinski definition) is 1. The lowest BCUT2D eigenvalue weighted by molar-refractivity contribution is 0.523. The first-order valence-corrected chi connectivity index (χ1v) is 3.68. The van der Waals surface area contributed by atoms with Crippen LogP contribution in [-0.2, 0) is 0 Å². The summed E-state index contributed by atoms with van der Waals surface area (Å²) in [6.45, 7) is 3.06. The Hall–Kier alpha value is -0.300. The second kappa shape index (κ2) is 3.02. The highest BCUT2D eigenvalue weighted by Crippen LogP contribution is 2.26. The van der Waals surface area contributed by atoms with Crippen molar-refractivity contribution in [2.24, 2.45) is 11.7 Å². The van der Waals surface area contributed by atoms with Crippen LogP contribution in [0.4, 0.5) is 0 Å². The highest BCUT2D eigenvalue weighted by Gasteiger charge is 2.12. The van der Waals surface area contributed by atoms with Crippen molar-refractivity contribution in [1.82, 2.24) is 0 Å². The van der Waals surface area contributed by atoms with Gasteiger partial charge in [-0.2, -0.15) is 0 Å². The quantitative estimate of drug-likeness (QED) is 0.558. The van der Waals surface area contributed by atoms with Crippen LogP contribution in [0.25, 0.3) is 0 Å². The van der Waals surface area contributed by atoms with E-state index in [-0.39, 0.29) is 0 Å². The van der Waals surface area contributed by atoms with Crippen LogP contribution >= 0.6 is 0 Å². The van der Waals surface area contributed by atoms with E-state index in [0.29, 0.717) is 0 Å². The van der Waals surface area contributed by atoms with E-state index in [9.17, 15) is 0 Å². The highest BCUT2D eigenvalue weighted by molar-refractivity contribution is 5.06. The molecule has 0 bridgehead atoms. The fourth-order valence-corrected chi connectivity index (χ4v) is 1.45. The monoisotopic (exact) mass is 125 g/mol. The van der Waals surface area contributed by atoms with E-state index in [1.54, 1.807) is 5.57 Å². The Balaban J connectivity index is 2.21. The van der Waals surface area contributed by atoms with Crippen molar-refractivity contribution >= 4 is 0 Å². The summed E-state index contributed by atoms with van der Waals surface area (Å²) in [5.74, 6) is 0.870. The minimum Gasteiger partial charge on any atom is -0.330 e. The molecule has 1 unspecified atom stereocenters. The van der Waals surface area contributed by atoms with E-state index >= 15 is 0 Å². The van der Waals surface area contributed by atoms with Crippen LogP contribution < -0.4 is 5.73 Å². The molecule has 0 aromatic heterocycles. The molecule has 0 radical (unpaired) electrons. The van der Waals surface area contributed by atoms with E-state index in [4.69, 9.17) is 5.73 Å². The van der Waals surface area contributed by atoms with Gasteiger partial charge in [0.2, 0.25) is 0 Å². The van der Waals surface area contributed by atoms with Gasteiger partial charge in [0, 0.05) is 0 Å². The molecule has 9 heavy (non-hydrogen) atoms. The third kappa shape index (κ3) is 1.83. The molecule has 0 spiro atoms. The molecule has 2 N–H and O–H groups in total. The molecular weight excluding hydrogens is 110 g/mol. The van der Waals surface area contributed by atoms with Gasteiger partial charge in [0.1, 0.15) is 0 Å². The average molecular weight is 125 g/mol. The lowest BCUT2D eigenvalue weighted by Crippen LogP contribution is -2.05. The van der Waals surface area contributed by atoms with Gasteiger partial charge in [-0.05, 0) is 38.6 Å². The van der Waals surface area contributed by atoms with Gasteiger partial charge in [-0.1, -0.05) is 11.6 Å². The summed E-state index contributed by atoms with van der Waals surface area (Å²) >= 11 is 0. The van der Waals surface area contributed by atoms with Gasteiger partial charge in [-0.15, -0.1) is 0 Å². The van der Waals surface area contributed by atoms with E-state index in [1.807, 2.05) is 0 Å². The predicted octanol–water partition coefficient (Wildman–Crippen LogP) is 1.69. The van der Waals surface area contributed by atoms with Crippen molar-refractivity contribution in [3.8, 4) is 0 Å². The minimum absolute atomic E-state index is 0.853. The number of nitrogens with two attached hydrogens (primary N) is 1.